The van der Waals surface area contributed by atoms with Gasteiger partial charge in [0.15, 0.2) is 23.0 Å². The third kappa shape index (κ3) is 6.44. The van der Waals surface area contributed by atoms with Crippen LogP contribution in [0.25, 0.3) is 0 Å². The van der Waals surface area contributed by atoms with Crippen LogP contribution in [-0.2, 0) is 24.2 Å². The van der Waals surface area contributed by atoms with Gasteiger partial charge in [-0.05, 0) is 65.4 Å². The Morgan fingerprint density at radius 2 is 1.49 bits per heavy atom. The van der Waals surface area contributed by atoms with Crippen LogP contribution in [0.5, 0.6) is 23.0 Å². The molecule has 0 radical (unpaired) electrons. The van der Waals surface area contributed by atoms with E-state index in [9.17, 15) is 9.18 Å². The van der Waals surface area contributed by atoms with Crippen LogP contribution < -0.4 is 24.3 Å². The van der Waals surface area contributed by atoms with Gasteiger partial charge in [0.1, 0.15) is 11.9 Å². The second-order valence-corrected chi connectivity index (χ2v) is 10.4. The van der Waals surface area contributed by atoms with Crippen LogP contribution in [0.1, 0.15) is 39.9 Å². The van der Waals surface area contributed by atoms with E-state index < -0.39 is 6.04 Å². The molecule has 0 unspecified atom stereocenters. The topological polar surface area (TPSA) is 69.3 Å². The largest absolute Gasteiger partial charge is 0.493 e. The number of hydrogen-bond acceptors (Lipinski definition) is 6. The number of nitrogens with one attached hydrogen (secondary N) is 1. The van der Waals surface area contributed by atoms with Crippen LogP contribution in [-0.4, -0.2) is 45.8 Å². The molecule has 224 valence electrons. The first-order valence-electron chi connectivity index (χ1n) is 14.2. The summed E-state index contributed by atoms with van der Waals surface area (Å²) < 4.78 is 36.8. The number of amides is 1. The maximum atomic E-state index is 14.4. The van der Waals surface area contributed by atoms with Crippen LogP contribution in [0.2, 0.25) is 0 Å². The summed E-state index contributed by atoms with van der Waals surface area (Å²) in [5.41, 5.74) is 4.51. The van der Waals surface area contributed by atoms with Gasteiger partial charge in [-0.2, -0.15) is 0 Å². The first-order valence-corrected chi connectivity index (χ1v) is 14.2. The van der Waals surface area contributed by atoms with E-state index in [2.05, 4.69) is 10.2 Å². The summed E-state index contributed by atoms with van der Waals surface area (Å²) in [4.78, 5) is 16.3. The zero-order valence-corrected chi connectivity index (χ0v) is 24.9. The van der Waals surface area contributed by atoms with Crippen LogP contribution in [0, 0.1) is 5.82 Å². The average molecular weight is 585 g/mol. The van der Waals surface area contributed by atoms with Crippen molar-refractivity contribution in [2.24, 2.45) is 0 Å². The summed E-state index contributed by atoms with van der Waals surface area (Å²) in [5, 5.41) is 3.02. The van der Waals surface area contributed by atoms with Gasteiger partial charge in [0.05, 0.1) is 28.4 Å². The van der Waals surface area contributed by atoms with Crippen molar-refractivity contribution in [3.63, 3.8) is 0 Å². The molecular formula is C35H37FN2O5. The summed E-state index contributed by atoms with van der Waals surface area (Å²) in [6.45, 7) is 0.706. The zero-order valence-electron chi connectivity index (χ0n) is 24.9. The normalized spacial score (nSPS) is 15.2. The Hall–Kier alpha value is -4.56. The van der Waals surface area contributed by atoms with Gasteiger partial charge in [-0.25, -0.2) is 4.39 Å². The summed E-state index contributed by atoms with van der Waals surface area (Å²) in [7, 11) is 6.48. The molecule has 1 aliphatic heterocycles. The lowest BCUT2D eigenvalue weighted by Gasteiger charge is -2.42. The van der Waals surface area contributed by atoms with Crippen molar-refractivity contribution in [1.82, 2.24) is 10.2 Å². The summed E-state index contributed by atoms with van der Waals surface area (Å²) in [6, 6.07) is 25.3. The van der Waals surface area contributed by atoms with E-state index in [0.29, 0.717) is 47.9 Å². The lowest BCUT2D eigenvalue weighted by molar-refractivity contribution is -0.128. The Balaban J connectivity index is 1.58. The molecule has 1 aliphatic rings. The van der Waals surface area contributed by atoms with E-state index in [4.69, 9.17) is 18.9 Å². The number of hydrogen-bond donors (Lipinski definition) is 1. The monoisotopic (exact) mass is 584 g/mol. The van der Waals surface area contributed by atoms with Gasteiger partial charge in [-0.3, -0.25) is 9.69 Å². The molecule has 0 saturated heterocycles. The molecule has 2 atom stereocenters. The Morgan fingerprint density at radius 1 is 0.837 bits per heavy atom. The Morgan fingerprint density at radius 3 is 2.19 bits per heavy atom. The second kappa shape index (κ2) is 13.6. The minimum Gasteiger partial charge on any atom is -0.493 e. The number of methoxy groups -OCH3 is 4. The fourth-order valence-corrected chi connectivity index (χ4v) is 5.86. The maximum Gasteiger partial charge on any atom is 0.242 e. The molecule has 43 heavy (non-hydrogen) atoms. The van der Waals surface area contributed by atoms with E-state index in [-0.39, 0.29) is 24.3 Å². The SMILES string of the molecule is COc1ccc(C[C@H]2c3cc(OC)c(OC)cc3CCN2[C@@H](C(=O)NCc2ccccc2F)c2ccccc2)cc1OC. The number of rotatable bonds is 11. The summed E-state index contributed by atoms with van der Waals surface area (Å²) in [5.74, 6) is 2.03. The molecule has 7 nitrogen and oxygen atoms in total. The lowest BCUT2D eigenvalue weighted by atomic mass is 9.86. The molecule has 4 aromatic carbocycles. The van der Waals surface area contributed by atoms with E-state index in [1.165, 1.54) is 6.07 Å². The van der Waals surface area contributed by atoms with Gasteiger partial charge >= 0.3 is 0 Å². The molecule has 0 bridgehead atoms. The van der Waals surface area contributed by atoms with Gasteiger partial charge in [0.2, 0.25) is 5.91 Å². The minimum atomic E-state index is -0.626. The minimum absolute atomic E-state index is 0.0879. The number of fused-ring (bicyclic) bond motifs is 1. The molecule has 0 spiro atoms. The first-order chi connectivity index (χ1) is 21.0. The molecule has 0 aliphatic carbocycles. The smallest absolute Gasteiger partial charge is 0.242 e. The number of carbonyl (C=O) groups is 1. The molecule has 1 heterocycles. The highest BCUT2D eigenvalue weighted by Crippen LogP contribution is 2.43. The van der Waals surface area contributed by atoms with E-state index >= 15 is 0 Å². The van der Waals surface area contributed by atoms with Gasteiger partial charge in [0.25, 0.3) is 0 Å². The molecule has 1 amide bonds. The molecule has 0 fully saturated rings. The van der Waals surface area contributed by atoms with E-state index in [1.54, 1.807) is 46.6 Å². The van der Waals surface area contributed by atoms with Crippen molar-refractivity contribution in [2.75, 3.05) is 35.0 Å². The highest BCUT2D eigenvalue weighted by atomic mass is 19.1. The molecule has 0 aromatic heterocycles. The van der Waals surface area contributed by atoms with Gasteiger partial charge in [0, 0.05) is 24.7 Å². The van der Waals surface area contributed by atoms with Crippen molar-refractivity contribution in [1.29, 1.82) is 0 Å². The van der Waals surface area contributed by atoms with Crippen LogP contribution in [0.15, 0.2) is 84.9 Å². The van der Waals surface area contributed by atoms with Crippen molar-refractivity contribution in [2.45, 2.75) is 31.5 Å². The molecule has 8 heteroatoms. The Bertz CT molecular complexity index is 1560. The fourth-order valence-electron chi connectivity index (χ4n) is 5.86. The van der Waals surface area contributed by atoms with Gasteiger partial charge in [-0.1, -0.05) is 54.6 Å². The fraction of sp³-hybridized carbons (Fsp3) is 0.286. The molecule has 0 saturated carbocycles. The standard InChI is InChI=1S/C35H37FN2O5/c1-40-30-15-14-23(19-31(30)41-2)18-29-27-21-33(43-4)32(42-3)20-25(27)16-17-38(29)34(24-10-6-5-7-11-24)35(39)37-22-26-12-8-9-13-28(26)36/h5-15,19-21,29,34H,16-18,22H2,1-4H3,(H,37,39)/t29-,34+/m0/s1. The maximum absolute atomic E-state index is 14.4. The molecule has 5 rings (SSSR count). The van der Waals surface area contributed by atoms with Gasteiger partial charge < -0.3 is 24.3 Å². The van der Waals surface area contributed by atoms with E-state index in [0.717, 1.165) is 22.3 Å². The highest BCUT2D eigenvalue weighted by molar-refractivity contribution is 5.83. The van der Waals surface area contributed by atoms with Crippen molar-refractivity contribution < 1.29 is 28.1 Å². The predicted molar refractivity (Wildman–Crippen MR) is 163 cm³/mol. The molecule has 4 aromatic rings. The Labute approximate surface area is 252 Å². The Kier molecular flexibility index (Phi) is 9.47. The predicted octanol–water partition coefficient (Wildman–Crippen LogP) is 6.06. The number of benzene rings is 4. The van der Waals surface area contributed by atoms with Crippen LogP contribution >= 0.6 is 0 Å². The number of halogens is 1. The number of ether oxygens (including phenoxy) is 4. The van der Waals surface area contributed by atoms with Gasteiger partial charge in [-0.15, -0.1) is 0 Å². The lowest BCUT2D eigenvalue weighted by Crippen LogP contribution is -2.46. The molecule has 1 N–H and O–H groups in total. The van der Waals surface area contributed by atoms with Crippen LogP contribution in [0.3, 0.4) is 0 Å². The van der Waals surface area contributed by atoms with Crippen molar-refractivity contribution in [3.05, 3.63) is 119 Å². The number of carbonyl (C=O) groups excluding carboxylic acids is 1. The zero-order chi connectivity index (χ0) is 30.3. The highest BCUT2D eigenvalue weighted by Gasteiger charge is 2.38. The third-order valence-electron chi connectivity index (χ3n) is 8.03. The van der Waals surface area contributed by atoms with Crippen molar-refractivity contribution in [3.8, 4) is 23.0 Å². The molecular weight excluding hydrogens is 547 g/mol. The summed E-state index contributed by atoms with van der Waals surface area (Å²) in [6.07, 6.45) is 1.30. The quantitative estimate of drug-likeness (QED) is 0.231. The van der Waals surface area contributed by atoms with E-state index in [1.807, 2.05) is 60.7 Å². The number of nitrogens with zero attached hydrogens (tertiary/aromatic N) is 1. The first kappa shape index (κ1) is 29.9. The van der Waals surface area contributed by atoms with Crippen LogP contribution in [0.4, 0.5) is 4.39 Å². The third-order valence-corrected chi connectivity index (χ3v) is 8.03. The average Bonchev–Trinajstić information content (AvgIpc) is 3.05. The van der Waals surface area contributed by atoms with Crippen molar-refractivity contribution >= 4 is 5.91 Å². The second-order valence-electron chi connectivity index (χ2n) is 10.4. The summed E-state index contributed by atoms with van der Waals surface area (Å²) >= 11 is 0.